The zero-order valence-electron chi connectivity index (χ0n) is 18.4. The molecule has 4 bridgehead atoms. The Bertz CT molecular complexity index is 1140. The molecule has 0 saturated heterocycles. The first-order valence-corrected chi connectivity index (χ1v) is 12.8. The number of thioether (sulfide) groups is 1. The number of benzene rings is 2. The fourth-order valence-corrected chi connectivity index (χ4v) is 7.47. The first-order valence-electron chi connectivity index (χ1n) is 11.8. The van der Waals surface area contributed by atoms with E-state index in [1.807, 2.05) is 34.9 Å². The first-order chi connectivity index (χ1) is 16.1. The van der Waals surface area contributed by atoms with Gasteiger partial charge in [0.05, 0.1) is 11.3 Å². The van der Waals surface area contributed by atoms with Crippen molar-refractivity contribution < 1.29 is 9.18 Å². The van der Waals surface area contributed by atoms with Crippen molar-refractivity contribution in [1.82, 2.24) is 20.1 Å². The molecule has 2 aromatic carbocycles. The van der Waals surface area contributed by atoms with Crippen LogP contribution in [-0.4, -0.2) is 32.0 Å². The summed E-state index contributed by atoms with van der Waals surface area (Å²) in [6.07, 6.45) is 7.45. The molecule has 1 N–H and O–H groups in total. The smallest absolute Gasteiger partial charge is 0.230 e. The fraction of sp³-hybridized carbons (Fsp3) is 0.423. The molecule has 7 heteroatoms. The van der Waals surface area contributed by atoms with Crippen molar-refractivity contribution in [3.63, 3.8) is 0 Å². The van der Waals surface area contributed by atoms with Gasteiger partial charge in [0, 0.05) is 11.2 Å². The summed E-state index contributed by atoms with van der Waals surface area (Å²) in [6, 6.07) is 16.2. The van der Waals surface area contributed by atoms with E-state index < -0.39 is 0 Å². The average Bonchev–Trinajstić information content (AvgIpc) is 3.21. The summed E-state index contributed by atoms with van der Waals surface area (Å²) in [7, 11) is 0. The minimum absolute atomic E-state index is 0.00216. The number of aromatic nitrogens is 3. The quantitative estimate of drug-likeness (QED) is 0.508. The molecule has 1 aromatic heterocycles. The number of nitrogens with zero attached hydrogens (tertiary/aromatic N) is 3. The number of hydrogen-bond acceptors (Lipinski definition) is 4. The van der Waals surface area contributed by atoms with Gasteiger partial charge in [-0.3, -0.25) is 9.36 Å². The highest BCUT2D eigenvalue weighted by Crippen LogP contribution is 2.55. The monoisotopic (exact) mass is 462 g/mol. The highest BCUT2D eigenvalue weighted by atomic mass is 32.2. The molecule has 4 saturated carbocycles. The van der Waals surface area contributed by atoms with E-state index in [1.165, 1.54) is 37.1 Å². The second-order valence-corrected chi connectivity index (χ2v) is 10.9. The van der Waals surface area contributed by atoms with Crippen molar-refractivity contribution in [1.29, 1.82) is 0 Å². The van der Waals surface area contributed by atoms with E-state index in [9.17, 15) is 9.18 Å². The largest absolute Gasteiger partial charge is 0.350 e. The van der Waals surface area contributed by atoms with E-state index in [0.717, 1.165) is 42.7 Å². The molecule has 0 unspecified atom stereocenters. The van der Waals surface area contributed by atoms with E-state index >= 15 is 0 Å². The molecule has 0 spiro atoms. The minimum Gasteiger partial charge on any atom is -0.350 e. The predicted molar refractivity (Wildman–Crippen MR) is 127 cm³/mol. The van der Waals surface area contributed by atoms with Gasteiger partial charge >= 0.3 is 0 Å². The minimum atomic E-state index is -0.349. The van der Waals surface area contributed by atoms with E-state index in [4.69, 9.17) is 0 Å². The Morgan fingerprint density at radius 1 is 0.970 bits per heavy atom. The van der Waals surface area contributed by atoms with Crippen molar-refractivity contribution >= 4 is 17.7 Å². The molecule has 3 aromatic rings. The Balaban J connectivity index is 1.23. The molecular formula is C26H27FN4OS. The van der Waals surface area contributed by atoms with Gasteiger partial charge < -0.3 is 5.32 Å². The number of para-hydroxylation sites is 1. The summed E-state index contributed by atoms with van der Waals surface area (Å²) >= 11 is 1.35. The molecule has 1 heterocycles. The molecule has 4 aliphatic rings. The number of halogens is 1. The predicted octanol–water partition coefficient (Wildman–Crippen LogP) is 5.25. The van der Waals surface area contributed by atoms with Crippen LogP contribution < -0.4 is 5.32 Å². The van der Waals surface area contributed by atoms with Crippen LogP contribution in [0.25, 0.3) is 17.1 Å². The molecule has 0 atom stereocenters. The van der Waals surface area contributed by atoms with Crippen LogP contribution in [0.3, 0.4) is 0 Å². The zero-order valence-corrected chi connectivity index (χ0v) is 19.2. The van der Waals surface area contributed by atoms with Crippen LogP contribution in [0.15, 0.2) is 59.8 Å². The lowest BCUT2D eigenvalue weighted by Gasteiger charge is -2.56. The third kappa shape index (κ3) is 3.97. The number of carbonyl (C=O) groups is 1. The average molecular weight is 463 g/mol. The zero-order chi connectivity index (χ0) is 22.4. The van der Waals surface area contributed by atoms with Crippen molar-refractivity contribution in [2.45, 2.75) is 49.2 Å². The lowest BCUT2D eigenvalue weighted by atomic mass is 9.53. The van der Waals surface area contributed by atoms with Crippen LogP contribution in [0.5, 0.6) is 0 Å². The van der Waals surface area contributed by atoms with E-state index in [1.54, 1.807) is 18.2 Å². The van der Waals surface area contributed by atoms with Crippen LogP contribution >= 0.6 is 11.8 Å². The number of hydrogen-bond donors (Lipinski definition) is 1. The summed E-state index contributed by atoms with van der Waals surface area (Å²) in [5.41, 5.74) is 1.22. The van der Waals surface area contributed by atoms with E-state index in [2.05, 4.69) is 15.5 Å². The van der Waals surface area contributed by atoms with Crippen molar-refractivity contribution in [2.24, 2.45) is 17.8 Å². The van der Waals surface area contributed by atoms with Crippen molar-refractivity contribution in [3.8, 4) is 17.1 Å². The van der Waals surface area contributed by atoms with Gasteiger partial charge in [0.15, 0.2) is 11.0 Å². The number of carbonyl (C=O) groups excluding carboxylic acids is 1. The van der Waals surface area contributed by atoms with Crippen molar-refractivity contribution in [2.75, 3.05) is 5.75 Å². The number of amides is 1. The fourth-order valence-electron chi connectivity index (χ4n) is 6.72. The molecule has 1 amide bonds. The SMILES string of the molecule is O=C(CSc1nnc(-c2ccccc2F)n1-c1ccccc1)NC12CC3CC(CC(C3)C1)C2. The maximum absolute atomic E-state index is 14.6. The molecule has 4 aliphatic carbocycles. The van der Waals surface area contributed by atoms with Crippen LogP contribution in [-0.2, 0) is 4.79 Å². The number of nitrogens with one attached hydrogen (secondary N) is 1. The van der Waals surface area contributed by atoms with Gasteiger partial charge in [-0.1, -0.05) is 42.1 Å². The Hall–Kier alpha value is -2.67. The molecule has 4 fully saturated rings. The Kier molecular flexibility index (Phi) is 5.24. The third-order valence-electron chi connectivity index (χ3n) is 7.54. The maximum Gasteiger partial charge on any atom is 0.230 e. The van der Waals surface area contributed by atoms with Crippen LogP contribution in [0.1, 0.15) is 38.5 Å². The Morgan fingerprint density at radius 2 is 1.61 bits per heavy atom. The standard InChI is InChI=1S/C26H27FN4OS/c27-22-9-5-4-8-21(22)24-29-30-25(31(24)20-6-2-1-3-7-20)33-16-23(32)28-26-13-17-10-18(14-26)12-19(11-17)15-26/h1-9,17-19H,10-16H2,(H,28,32). The summed E-state index contributed by atoms with van der Waals surface area (Å²) in [4.78, 5) is 13.0. The summed E-state index contributed by atoms with van der Waals surface area (Å²) in [6.45, 7) is 0. The van der Waals surface area contributed by atoms with Gasteiger partial charge in [-0.05, 0) is 80.5 Å². The highest BCUT2D eigenvalue weighted by Gasteiger charge is 2.51. The second kappa shape index (κ2) is 8.28. The van der Waals surface area contributed by atoms with Crippen molar-refractivity contribution in [3.05, 3.63) is 60.4 Å². The van der Waals surface area contributed by atoms with Crippen LogP contribution in [0.4, 0.5) is 4.39 Å². The first kappa shape index (κ1) is 20.9. The lowest BCUT2D eigenvalue weighted by molar-refractivity contribution is -0.124. The maximum atomic E-state index is 14.6. The highest BCUT2D eigenvalue weighted by molar-refractivity contribution is 7.99. The molecule has 0 aliphatic heterocycles. The summed E-state index contributed by atoms with van der Waals surface area (Å²) in [5, 5.41) is 12.6. The summed E-state index contributed by atoms with van der Waals surface area (Å²) in [5.74, 6) is 2.76. The molecule has 170 valence electrons. The van der Waals surface area contributed by atoms with Gasteiger partial charge in [0.2, 0.25) is 5.91 Å². The van der Waals surface area contributed by atoms with Gasteiger partial charge in [-0.15, -0.1) is 10.2 Å². The molecule has 0 radical (unpaired) electrons. The normalized spacial score (nSPS) is 27.6. The summed E-state index contributed by atoms with van der Waals surface area (Å²) < 4.78 is 16.4. The molecule has 33 heavy (non-hydrogen) atoms. The molecule has 7 rings (SSSR count). The van der Waals surface area contributed by atoms with E-state index in [-0.39, 0.29) is 23.0 Å². The van der Waals surface area contributed by atoms with Crippen LogP contribution in [0.2, 0.25) is 0 Å². The van der Waals surface area contributed by atoms with E-state index in [0.29, 0.717) is 16.5 Å². The van der Waals surface area contributed by atoms with Gasteiger partial charge in [0.1, 0.15) is 5.82 Å². The lowest BCUT2D eigenvalue weighted by Crippen LogP contribution is -2.60. The van der Waals surface area contributed by atoms with Gasteiger partial charge in [-0.25, -0.2) is 4.39 Å². The van der Waals surface area contributed by atoms with Gasteiger partial charge in [-0.2, -0.15) is 0 Å². The van der Waals surface area contributed by atoms with Crippen LogP contribution in [0, 0.1) is 23.6 Å². The molecular weight excluding hydrogens is 435 g/mol. The molecule has 5 nitrogen and oxygen atoms in total. The third-order valence-corrected chi connectivity index (χ3v) is 8.47. The second-order valence-electron chi connectivity index (χ2n) is 9.99. The Labute approximate surface area is 197 Å². The number of rotatable bonds is 6. The topological polar surface area (TPSA) is 59.8 Å². The Morgan fingerprint density at radius 3 is 2.27 bits per heavy atom. The van der Waals surface area contributed by atoms with Gasteiger partial charge in [0.25, 0.3) is 0 Å².